The number of nitrogens with zero attached hydrogens (tertiary/aromatic N) is 2. The van der Waals surface area contributed by atoms with Crippen molar-refractivity contribution in [3.8, 4) is 0 Å². The summed E-state index contributed by atoms with van der Waals surface area (Å²) >= 11 is 0. The maximum atomic E-state index is 12.5. The summed E-state index contributed by atoms with van der Waals surface area (Å²) < 4.78 is 0. The van der Waals surface area contributed by atoms with Crippen molar-refractivity contribution in [3.05, 3.63) is 95.3 Å². The molecule has 1 atom stereocenters. The predicted molar refractivity (Wildman–Crippen MR) is 120 cm³/mol. The third-order valence-corrected chi connectivity index (χ3v) is 5.61. The number of fused-ring (bicyclic) bond motifs is 1. The van der Waals surface area contributed by atoms with Crippen LogP contribution < -0.4 is 10.6 Å². The molecular weight excluding hydrogens is 388 g/mol. The van der Waals surface area contributed by atoms with Crippen molar-refractivity contribution < 1.29 is 9.59 Å². The van der Waals surface area contributed by atoms with Crippen molar-refractivity contribution in [2.45, 2.75) is 25.9 Å². The van der Waals surface area contributed by atoms with E-state index in [1.165, 1.54) is 11.1 Å². The molecule has 3 aromatic rings. The molecule has 0 saturated heterocycles. The fourth-order valence-electron chi connectivity index (χ4n) is 3.99. The van der Waals surface area contributed by atoms with Crippen LogP contribution in [0.4, 0.5) is 5.69 Å². The van der Waals surface area contributed by atoms with E-state index in [2.05, 4.69) is 44.8 Å². The molecule has 0 bridgehead atoms. The second-order valence-corrected chi connectivity index (χ2v) is 7.82. The van der Waals surface area contributed by atoms with Gasteiger partial charge in [-0.1, -0.05) is 42.5 Å². The molecule has 1 aliphatic rings. The monoisotopic (exact) mass is 414 g/mol. The molecule has 0 fully saturated rings. The van der Waals surface area contributed by atoms with Gasteiger partial charge in [-0.2, -0.15) is 0 Å². The predicted octanol–water partition coefficient (Wildman–Crippen LogP) is 3.24. The number of hydrogen-bond acceptors (Lipinski definition) is 4. The molecule has 0 radical (unpaired) electrons. The summed E-state index contributed by atoms with van der Waals surface area (Å²) in [4.78, 5) is 31.4. The van der Waals surface area contributed by atoms with Crippen molar-refractivity contribution in [1.29, 1.82) is 0 Å². The lowest BCUT2D eigenvalue weighted by Gasteiger charge is -2.35. The first-order chi connectivity index (χ1) is 15.1. The van der Waals surface area contributed by atoms with Crippen LogP contribution in [0.25, 0.3) is 0 Å². The van der Waals surface area contributed by atoms with Crippen LogP contribution in [-0.2, 0) is 22.6 Å². The molecule has 4 rings (SSSR count). The SMILES string of the molecule is Cc1cccc(NC(=O)C(=O)NC[C@H](c2cccnc2)N2CCc3ccccc3C2)c1. The second-order valence-electron chi connectivity index (χ2n) is 7.82. The standard InChI is InChI=1S/C25H26N4O2/c1-18-6-4-10-22(14-18)28-25(31)24(30)27-16-23(20-9-5-12-26-15-20)29-13-11-19-7-2-3-8-21(19)17-29/h2-10,12,14-15,23H,11,13,16-17H2,1H3,(H,27,30)(H,28,31)/t23-/m1/s1. The molecule has 2 N–H and O–H groups in total. The third kappa shape index (κ3) is 5.16. The third-order valence-electron chi connectivity index (χ3n) is 5.61. The largest absolute Gasteiger partial charge is 0.346 e. The van der Waals surface area contributed by atoms with E-state index >= 15 is 0 Å². The number of amides is 2. The fourth-order valence-corrected chi connectivity index (χ4v) is 3.99. The number of benzene rings is 2. The van der Waals surface area contributed by atoms with E-state index in [9.17, 15) is 9.59 Å². The van der Waals surface area contributed by atoms with Crippen LogP contribution in [0.2, 0.25) is 0 Å². The summed E-state index contributed by atoms with van der Waals surface area (Å²) in [6.45, 7) is 3.93. The second kappa shape index (κ2) is 9.53. The maximum absolute atomic E-state index is 12.5. The molecule has 6 nitrogen and oxygen atoms in total. The van der Waals surface area contributed by atoms with E-state index < -0.39 is 11.8 Å². The minimum atomic E-state index is -0.667. The smallest absolute Gasteiger partial charge is 0.313 e. The Labute approximate surface area is 182 Å². The highest BCUT2D eigenvalue weighted by atomic mass is 16.2. The van der Waals surface area contributed by atoms with E-state index in [0.717, 1.165) is 30.6 Å². The topological polar surface area (TPSA) is 74.3 Å². The van der Waals surface area contributed by atoms with Crippen molar-refractivity contribution in [2.24, 2.45) is 0 Å². The fraction of sp³-hybridized carbons (Fsp3) is 0.240. The van der Waals surface area contributed by atoms with Gasteiger partial charge >= 0.3 is 11.8 Å². The summed E-state index contributed by atoms with van der Waals surface area (Å²) in [5.41, 5.74) is 5.30. The molecule has 0 aliphatic carbocycles. The molecule has 1 aliphatic heterocycles. The lowest BCUT2D eigenvalue weighted by Crippen LogP contribution is -2.43. The zero-order chi connectivity index (χ0) is 21.6. The molecule has 158 valence electrons. The van der Waals surface area contributed by atoms with Crippen molar-refractivity contribution >= 4 is 17.5 Å². The van der Waals surface area contributed by atoms with Gasteiger partial charge in [0.1, 0.15) is 0 Å². The Morgan fingerprint density at radius 3 is 2.65 bits per heavy atom. The Kier molecular flexibility index (Phi) is 6.38. The zero-order valence-electron chi connectivity index (χ0n) is 17.5. The molecule has 0 spiro atoms. The molecule has 1 aromatic heterocycles. The number of nitrogens with one attached hydrogen (secondary N) is 2. The molecule has 0 unspecified atom stereocenters. The van der Waals surface area contributed by atoms with E-state index in [0.29, 0.717) is 12.2 Å². The zero-order valence-corrected chi connectivity index (χ0v) is 17.5. The van der Waals surface area contributed by atoms with Crippen LogP contribution in [0, 0.1) is 6.92 Å². The molecule has 0 saturated carbocycles. The van der Waals surface area contributed by atoms with Crippen LogP contribution in [0.3, 0.4) is 0 Å². The first-order valence-corrected chi connectivity index (χ1v) is 10.5. The highest BCUT2D eigenvalue weighted by Gasteiger charge is 2.26. The van der Waals surface area contributed by atoms with Crippen molar-refractivity contribution in [2.75, 3.05) is 18.4 Å². The number of aryl methyl sites for hydroxylation is 1. The minimum Gasteiger partial charge on any atom is -0.346 e. The molecule has 2 amide bonds. The van der Waals surface area contributed by atoms with E-state index in [1.54, 1.807) is 12.3 Å². The van der Waals surface area contributed by atoms with Crippen LogP contribution in [-0.4, -0.2) is 34.8 Å². The minimum absolute atomic E-state index is 0.0715. The summed E-state index contributed by atoms with van der Waals surface area (Å²) in [7, 11) is 0. The summed E-state index contributed by atoms with van der Waals surface area (Å²) in [6.07, 6.45) is 4.51. The Balaban J connectivity index is 1.44. The number of pyridine rings is 1. The number of aromatic nitrogens is 1. The molecular formula is C25H26N4O2. The number of hydrogen-bond donors (Lipinski definition) is 2. The summed E-state index contributed by atoms with van der Waals surface area (Å²) in [6, 6.07) is 19.6. The normalized spacial score (nSPS) is 14.4. The highest BCUT2D eigenvalue weighted by Crippen LogP contribution is 2.27. The van der Waals surface area contributed by atoms with Gasteiger partial charge in [0, 0.05) is 37.7 Å². The van der Waals surface area contributed by atoms with Gasteiger partial charge in [0.15, 0.2) is 0 Å². The maximum Gasteiger partial charge on any atom is 0.313 e. The number of carbonyl (C=O) groups excluding carboxylic acids is 2. The quantitative estimate of drug-likeness (QED) is 0.629. The lowest BCUT2D eigenvalue weighted by molar-refractivity contribution is -0.136. The van der Waals surface area contributed by atoms with E-state index in [4.69, 9.17) is 0 Å². The van der Waals surface area contributed by atoms with Gasteiger partial charge in [-0.05, 0) is 53.8 Å². The van der Waals surface area contributed by atoms with Crippen molar-refractivity contribution in [3.63, 3.8) is 0 Å². The number of rotatable bonds is 5. The van der Waals surface area contributed by atoms with Crippen molar-refractivity contribution in [1.82, 2.24) is 15.2 Å². The van der Waals surface area contributed by atoms with Gasteiger partial charge in [-0.15, -0.1) is 0 Å². The molecule has 6 heteroatoms. The average Bonchev–Trinajstić information content (AvgIpc) is 2.79. The Morgan fingerprint density at radius 1 is 1.03 bits per heavy atom. The van der Waals surface area contributed by atoms with Gasteiger partial charge in [0.2, 0.25) is 0 Å². The van der Waals surface area contributed by atoms with Crippen LogP contribution in [0.1, 0.15) is 28.3 Å². The Bertz CT molecular complexity index is 1070. The van der Waals surface area contributed by atoms with E-state index in [-0.39, 0.29) is 6.04 Å². The number of anilines is 1. The number of carbonyl (C=O) groups is 2. The van der Waals surface area contributed by atoms with Crippen LogP contribution >= 0.6 is 0 Å². The van der Waals surface area contributed by atoms with Gasteiger partial charge in [0.05, 0.1) is 6.04 Å². The van der Waals surface area contributed by atoms with Crippen LogP contribution in [0.15, 0.2) is 73.1 Å². The van der Waals surface area contributed by atoms with Gasteiger partial charge in [-0.25, -0.2) is 0 Å². The Hall–Kier alpha value is -3.51. The van der Waals surface area contributed by atoms with Gasteiger partial charge in [-0.3, -0.25) is 19.5 Å². The molecule has 2 aromatic carbocycles. The Morgan fingerprint density at radius 2 is 1.87 bits per heavy atom. The molecule has 2 heterocycles. The first-order valence-electron chi connectivity index (χ1n) is 10.5. The average molecular weight is 415 g/mol. The highest BCUT2D eigenvalue weighted by molar-refractivity contribution is 6.39. The van der Waals surface area contributed by atoms with Gasteiger partial charge in [0.25, 0.3) is 0 Å². The molecule has 31 heavy (non-hydrogen) atoms. The first kappa shape index (κ1) is 20.8. The summed E-state index contributed by atoms with van der Waals surface area (Å²) in [5, 5.41) is 5.48. The lowest BCUT2D eigenvalue weighted by atomic mass is 9.97. The summed E-state index contributed by atoms with van der Waals surface area (Å²) in [5.74, 6) is -1.31. The van der Waals surface area contributed by atoms with E-state index in [1.807, 2.05) is 43.5 Å². The van der Waals surface area contributed by atoms with Crippen LogP contribution in [0.5, 0.6) is 0 Å². The van der Waals surface area contributed by atoms with Gasteiger partial charge < -0.3 is 10.6 Å².